The first kappa shape index (κ1) is 10.8. The fraction of sp³-hybridized carbons (Fsp3) is 0.100. The van der Waals surface area contributed by atoms with E-state index in [2.05, 4.69) is 25.9 Å². The Morgan fingerprint density at radius 3 is 2.81 bits per heavy atom. The van der Waals surface area contributed by atoms with E-state index < -0.39 is 0 Å². The molecule has 0 aliphatic heterocycles. The lowest BCUT2D eigenvalue weighted by Gasteiger charge is -2.08. The number of methoxy groups -OCH3 is 1. The smallest absolute Gasteiger partial charge is 0.197 e. The van der Waals surface area contributed by atoms with Crippen LogP contribution in [-0.2, 0) is 0 Å². The largest absolute Gasteiger partial charge is 0.503 e. The highest BCUT2D eigenvalue weighted by molar-refractivity contribution is 9.10. The van der Waals surface area contributed by atoms with E-state index in [4.69, 9.17) is 10.5 Å². The molecule has 0 atom stereocenters. The minimum absolute atomic E-state index is 0.0492. The Hall–Kier alpha value is -1.69. The Balaban J connectivity index is 2.55. The van der Waals surface area contributed by atoms with Gasteiger partial charge in [0, 0.05) is 5.56 Å². The molecule has 0 radical (unpaired) electrons. The summed E-state index contributed by atoms with van der Waals surface area (Å²) >= 11 is 3.30. The van der Waals surface area contributed by atoms with Crippen LogP contribution >= 0.6 is 15.9 Å². The van der Waals surface area contributed by atoms with Crippen molar-refractivity contribution in [2.24, 2.45) is 0 Å². The molecule has 0 aliphatic rings. The van der Waals surface area contributed by atoms with Crippen molar-refractivity contribution >= 4 is 21.9 Å². The van der Waals surface area contributed by atoms with E-state index in [1.807, 2.05) is 0 Å². The molecule has 1 aromatic carbocycles. The Morgan fingerprint density at radius 1 is 1.50 bits per heavy atom. The summed E-state index contributed by atoms with van der Waals surface area (Å²) in [6, 6.07) is 3.47. The molecule has 0 amide bonds. The van der Waals surface area contributed by atoms with Gasteiger partial charge in [-0.2, -0.15) is 0 Å². The van der Waals surface area contributed by atoms with Gasteiger partial charge in [0.2, 0.25) is 0 Å². The predicted molar refractivity (Wildman–Crippen MR) is 64.4 cm³/mol. The quantitative estimate of drug-likeness (QED) is 0.788. The Labute approximate surface area is 100 Å². The Kier molecular flexibility index (Phi) is 2.74. The monoisotopic (exact) mass is 283 g/mol. The van der Waals surface area contributed by atoms with E-state index in [0.717, 1.165) is 11.3 Å². The molecule has 0 bridgehead atoms. The first-order valence-corrected chi connectivity index (χ1v) is 5.29. The molecule has 0 fully saturated rings. The number of hydrogen-bond acceptors (Lipinski definition) is 4. The lowest BCUT2D eigenvalue weighted by atomic mass is 10.1. The van der Waals surface area contributed by atoms with Crippen LogP contribution in [-0.4, -0.2) is 22.2 Å². The van der Waals surface area contributed by atoms with Crippen LogP contribution in [0.25, 0.3) is 11.3 Å². The van der Waals surface area contributed by atoms with Crippen molar-refractivity contribution in [3.05, 3.63) is 22.8 Å². The average Bonchev–Trinajstić information content (AvgIpc) is 2.69. The number of aromatic nitrogens is 2. The van der Waals surface area contributed by atoms with E-state index >= 15 is 0 Å². The number of phenols is 1. The van der Waals surface area contributed by atoms with Crippen LogP contribution < -0.4 is 10.5 Å². The summed E-state index contributed by atoms with van der Waals surface area (Å²) in [4.78, 5) is 6.78. The van der Waals surface area contributed by atoms with E-state index in [-0.39, 0.29) is 5.75 Å². The van der Waals surface area contributed by atoms with Gasteiger partial charge in [-0.1, -0.05) is 0 Å². The number of halogens is 1. The number of H-pyrrole nitrogens is 1. The molecule has 0 spiro atoms. The summed E-state index contributed by atoms with van der Waals surface area (Å²) in [5.74, 6) is 0.786. The molecule has 0 aliphatic carbocycles. The normalized spacial score (nSPS) is 10.4. The lowest BCUT2D eigenvalue weighted by Crippen LogP contribution is -1.88. The Morgan fingerprint density at radius 2 is 2.25 bits per heavy atom. The number of nitrogens with zero attached hydrogens (tertiary/aromatic N) is 1. The van der Waals surface area contributed by atoms with Crippen molar-refractivity contribution in [3.63, 3.8) is 0 Å². The molecule has 0 saturated carbocycles. The second kappa shape index (κ2) is 4.05. The summed E-state index contributed by atoms with van der Waals surface area (Å²) in [6.07, 6.45) is 1.60. The maximum absolute atomic E-state index is 9.81. The molecule has 2 aromatic rings. The zero-order chi connectivity index (χ0) is 11.7. The van der Waals surface area contributed by atoms with Gasteiger partial charge in [0.05, 0.1) is 23.5 Å². The number of phenolic OH excluding ortho intramolecular Hbond substituents is 1. The van der Waals surface area contributed by atoms with Gasteiger partial charge in [0.25, 0.3) is 0 Å². The molecule has 6 heteroatoms. The van der Waals surface area contributed by atoms with Gasteiger partial charge < -0.3 is 20.6 Å². The third kappa shape index (κ3) is 1.71. The second-order valence-corrected chi connectivity index (χ2v) is 3.95. The number of aromatic amines is 1. The topological polar surface area (TPSA) is 84.2 Å². The molecule has 1 heterocycles. The number of nitrogen functional groups attached to an aromatic ring is 1. The highest BCUT2D eigenvalue weighted by atomic mass is 79.9. The molecule has 84 valence electrons. The van der Waals surface area contributed by atoms with E-state index in [0.29, 0.717) is 16.2 Å². The van der Waals surface area contributed by atoms with Crippen LogP contribution in [0.2, 0.25) is 0 Å². The van der Waals surface area contributed by atoms with Gasteiger partial charge in [-0.15, -0.1) is 0 Å². The summed E-state index contributed by atoms with van der Waals surface area (Å²) in [6.45, 7) is 0. The van der Waals surface area contributed by atoms with Crippen molar-refractivity contribution < 1.29 is 9.84 Å². The fourth-order valence-corrected chi connectivity index (χ4v) is 1.93. The number of ether oxygens (including phenoxy) is 1. The fourth-order valence-electron chi connectivity index (χ4n) is 1.39. The number of benzene rings is 1. The first-order chi connectivity index (χ1) is 7.63. The van der Waals surface area contributed by atoms with Crippen LogP contribution in [0.3, 0.4) is 0 Å². The van der Waals surface area contributed by atoms with Crippen LogP contribution in [0.4, 0.5) is 5.95 Å². The minimum atomic E-state index is 0.0492. The van der Waals surface area contributed by atoms with E-state index in [9.17, 15) is 5.11 Å². The summed E-state index contributed by atoms with van der Waals surface area (Å²) in [5.41, 5.74) is 6.98. The van der Waals surface area contributed by atoms with Gasteiger partial charge in [-0.05, 0) is 28.1 Å². The second-order valence-electron chi connectivity index (χ2n) is 3.16. The van der Waals surface area contributed by atoms with Crippen molar-refractivity contribution in [3.8, 4) is 22.8 Å². The van der Waals surface area contributed by atoms with E-state index in [1.54, 1.807) is 18.3 Å². The summed E-state index contributed by atoms with van der Waals surface area (Å²) in [7, 11) is 1.50. The summed E-state index contributed by atoms with van der Waals surface area (Å²) in [5, 5.41) is 9.81. The van der Waals surface area contributed by atoms with E-state index in [1.165, 1.54) is 7.11 Å². The zero-order valence-electron chi connectivity index (χ0n) is 8.49. The maximum Gasteiger partial charge on any atom is 0.197 e. The van der Waals surface area contributed by atoms with Crippen molar-refractivity contribution in [2.75, 3.05) is 12.8 Å². The maximum atomic E-state index is 9.81. The number of hydrogen-bond donors (Lipinski definition) is 3. The molecule has 0 saturated heterocycles. The van der Waals surface area contributed by atoms with Gasteiger partial charge in [-0.25, -0.2) is 4.98 Å². The lowest BCUT2D eigenvalue weighted by molar-refractivity contribution is 0.372. The average molecular weight is 284 g/mol. The molecule has 2 rings (SSSR count). The molecular weight excluding hydrogens is 274 g/mol. The Bertz CT molecular complexity index is 525. The number of anilines is 1. The molecule has 1 aromatic heterocycles. The number of rotatable bonds is 2. The predicted octanol–water partition coefficient (Wildman–Crippen LogP) is 2.14. The third-order valence-corrected chi connectivity index (χ3v) is 2.99. The van der Waals surface area contributed by atoms with Crippen LogP contribution in [0.1, 0.15) is 0 Å². The van der Waals surface area contributed by atoms with Crippen LogP contribution in [0.5, 0.6) is 11.5 Å². The molecule has 0 unspecified atom stereocenters. The van der Waals surface area contributed by atoms with Gasteiger partial charge in [-0.3, -0.25) is 0 Å². The molecule has 4 N–H and O–H groups in total. The van der Waals surface area contributed by atoms with Crippen LogP contribution in [0.15, 0.2) is 22.8 Å². The third-order valence-electron chi connectivity index (χ3n) is 2.18. The van der Waals surface area contributed by atoms with Crippen molar-refractivity contribution in [1.82, 2.24) is 9.97 Å². The number of nitrogens with one attached hydrogen (secondary N) is 1. The zero-order valence-corrected chi connectivity index (χ0v) is 10.1. The molecule has 5 nitrogen and oxygen atoms in total. The van der Waals surface area contributed by atoms with Gasteiger partial charge >= 0.3 is 0 Å². The number of aromatic hydroxyl groups is 1. The van der Waals surface area contributed by atoms with Crippen LogP contribution in [0, 0.1) is 0 Å². The highest BCUT2D eigenvalue weighted by Crippen LogP contribution is 2.40. The first-order valence-electron chi connectivity index (χ1n) is 4.49. The molecule has 16 heavy (non-hydrogen) atoms. The minimum Gasteiger partial charge on any atom is -0.503 e. The van der Waals surface area contributed by atoms with Gasteiger partial charge in [0.15, 0.2) is 17.4 Å². The number of nitrogens with two attached hydrogens (primary N) is 1. The molecular formula is C10H10BrN3O2. The summed E-state index contributed by atoms with van der Waals surface area (Å²) < 4.78 is 5.53. The van der Waals surface area contributed by atoms with Crippen molar-refractivity contribution in [2.45, 2.75) is 0 Å². The standard InChI is InChI=1S/C10H10BrN3O2/c1-16-7-3-2-5(8(11)9(7)15)6-4-13-10(12)14-6/h2-4,15H,1H3,(H3,12,13,14). The SMILES string of the molecule is COc1ccc(-c2cnc(N)[nH]2)c(Br)c1O. The van der Waals surface area contributed by atoms with Gasteiger partial charge in [0.1, 0.15) is 0 Å². The van der Waals surface area contributed by atoms with Crippen molar-refractivity contribution in [1.29, 1.82) is 0 Å². The number of imidazole rings is 1. The highest BCUT2D eigenvalue weighted by Gasteiger charge is 2.13.